The van der Waals surface area contributed by atoms with E-state index < -0.39 is 0 Å². The Morgan fingerprint density at radius 1 is 0.562 bits per heavy atom. The maximum atomic E-state index is 14.2. The van der Waals surface area contributed by atoms with E-state index in [9.17, 15) is 4.79 Å². The number of carbonyl (C=O) groups excluding carboxylic acids is 1. The molecule has 0 aromatic heterocycles. The maximum absolute atomic E-state index is 14.2. The summed E-state index contributed by atoms with van der Waals surface area (Å²) in [6.45, 7) is 0. The molecule has 0 amide bonds. The lowest BCUT2D eigenvalue weighted by Gasteiger charge is -2.25. The highest BCUT2D eigenvalue weighted by Gasteiger charge is 2.64. The van der Waals surface area contributed by atoms with Crippen LogP contribution in [-0.2, 0) is 4.79 Å². The first-order valence-corrected chi connectivity index (χ1v) is 13.0. The molecule has 0 spiro atoms. The van der Waals surface area contributed by atoms with Crippen molar-refractivity contribution in [3.63, 3.8) is 0 Å². The summed E-state index contributed by atoms with van der Waals surface area (Å²) in [5.41, 5.74) is 2.66. The molecule has 6 atom stereocenters. The van der Waals surface area contributed by atoms with E-state index in [0.29, 0.717) is 17.9 Å². The summed E-state index contributed by atoms with van der Waals surface area (Å²) in [6, 6.07) is 23.5. The number of ketones is 1. The second kappa shape index (κ2) is 8.76. The first kappa shape index (κ1) is 20.6. The molecule has 4 fully saturated rings. The number of rotatable bonds is 6. The van der Waals surface area contributed by atoms with Crippen molar-refractivity contribution in [3.05, 3.63) is 71.8 Å². The molecule has 2 aliphatic carbocycles. The largest absolute Gasteiger partial charge is 0.296 e. The second-order valence-electron chi connectivity index (χ2n) is 10.5. The summed E-state index contributed by atoms with van der Waals surface area (Å²) in [5.74, 6) is 0.490. The molecule has 0 radical (unpaired) electrons. The maximum Gasteiger partial charge on any atom is 0.170 e. The molecule has 2 heterocycles. The number of Topliss-reactive ketones (excluding diaryl/α,β-unsaturated/α-hetero) is 1. The van der Waals surface area contributed by atoms with Gasteiger partial charge in [-0.3, -0.25) is 14.6 Å². The van der Waals surface area contributed by atoms with E-state index in [4.69, 9.17) is 0 Å². The highest BCUT2D eigenvalue weighted by Crippen LogP contribution is 2.55. The van der Waals surface area contributed by atoms with Gasteiger partial charge in [0.05, 0.1) is 24.2 Å². The molecule has 0 bridgehead atoms. The Morgan fingerprint density at radius 3 is 1.31 bits per heavy atom. The monoisotopic (exact) mass is 428 g/mol. The van der Waals surface area contributed by atoms with Gasteiger partial charge in [-0.25, -0.2) is 0 Å². The quantitative estimate of drug-likeness (QED) is 0.522. The Kier molecular flexibility index (Phi) is 5.64. The van der Waals surface area contributed by atoms with Gasteiger partial charge < -0.3 is 0 Å². The zero-order valence-electron chi connectivity index (χ0n) is 19.1. The molecule has 6 unspecified atom stereocenters. The number of benzene rings is 2. The lowest BCUT2D eigenvalue weighted by Crippen LogP contribution is -2.31. The van der Waals surface area contributed by atoms with E-state index in [0.717, 1.165) is 0 Å². The fraction of sp³-hybridized carbons (Fsp3) is 0.552. The molecule has 2 saturated heterocycles. The summed E-state index contributed by atoms with van der Waals surface area (Å²) in [4.78, 5) is 19.3. The molecule has 2 aromatic rings. The van der Waals surface area contributed by atoms with Crippen LogP contribution in [-0.4, -0.2) is 39.8 Å². The molecule has 168 valence electrons. The van der Waals surface area contributed by atoms with Crippen LogP contribution in [0.3, 0.4) is 0 Å². The lowest BCUT2D eigenvalue weighted by atomic mass is 9.95. The van der Waals surface area contributed by atoms with Gasteiger partial charge in [0.1, 0.15) is 0 Å². The molecular weight excluding hydrogens is 392 g/mol. The minimum atomic E-state index is 0.0744. The number of nitrogens with zero attached hydrogens (tertiary/aromatic N) is 2. The highest BCUT2D eigenvalue weighted by molar-refractivity contribution is 5.96. The van der Waals surface area contributed by atoms with Gasteiger partial charge in [0.25, 0.3) is 0 Å². The van der Waals surface area contributed by atoms with Gasteiger partial charge in [-0.15, -0.1) is 0 Å². The van der Waals surface area contributed by atoms with Crippen LogP contribution in [0.15, 0.2) is 60.7 Å². The molecule has 2 aliphatic heterocycles. The van der Waals surface area contributed by atoms with Crippen LogP contribution >= 0.6 is 0 Å². The van der Waals surface area contributed by atoms with Crippen LogP contribution in [0.4, 0.5) is 0 Å². The number of hydrogen-bond donors (Lipinski definition) is 0. The van der Waals surface area contributed by atoms with Crippen molar-refractivity contribution in [2.75, 3.05) is 0 Å². The zero-order chi connectivity index (χ0) is 21.5. The van der Waals surface area contributed by atoms with Gasteiger partial charge in [0.2, 0.25) is 0 Å². The highest BCUT2D eigenvalue weighted by atomic mass is 16.1. The fourth-order valence-corrected chi connectivity index (χ4v) is 6.95. The van der Waals surface area contributed by atoms with Gasteiger partial charge in [-0.2, -0.15) is 0 Å². The van der Waals surface area contributed by atoms with E-state index in [1.807, 2.05) is 0 Å². The molecule has 2 aromatic carbocycles. The molecule has 4 aliphatic rings. The number of hydrogen-bond acceptors (Lipinski definition) is 3. The Balaban J connectivity index is 1.28. The molecule has 3 nitrogen and oxygen atoms in total. The van der Waals surface area contributed by atoms with Gasteiger partial charge >= 0.3 is 0 Å². The van der Waals surface area contributed by atoms with Crippen molar-refractivity contribution in [3.8, 4) is 0 Å². The van der Waals surface area contributed by atoms with Crippen LogP contribution in [0.5, 0.6) is 0 Å². The van der Waals surface area contributed by atoms with Crippen molar-refractivity contribution in [1.29, 1.82) is 0 Å². The fourth-order valence-electron chi connectivity index (χ4n) is 6.95. The first-order chi connectivity index (χ1) is 15.8. The molecule has 2 saturated carbocycles. The Morgan fingerprint density at radius 2 is 0.938 bits per heavy atom. The molecule has 6 rings (SSSR count). The lowest BCUT2D eigenvalue weighted by molar-refractivity contribution is -0.120. The molecule has 3 heteroatoms. The van der Waals surface area contributed by atoms with Crippen LogP contribution in [0.2, 0.25) is 0 Å². The minimum Gasteiger partial charge on any atom is -0.296 e. The summed E-state index contributed by atoms with van der Waals surface area (Å²) in [7, 11) is 0. The second-order valence-corrected chi connectivity index (χ2v) is 10.5. The smallest absolute Gasteiger partial charge is 0.170 e. The van der Waals surface area contributed by atoms with E-state index in [2.05, 4.69) is 70.5 Å². The van der Waals surface area contributed by atoms with Crippen molar-refractivity contribution >= 4 is 5.78 Å². The van der Waals surface area contributed by atoms with Gasteiger partial charge in [-0.1, -0.05) is 99.2 Å². The topological polar surface area (TPSA) is 23.1 Å². The normalized spacial score (nSPS) is 35.4. The predicted octanol–water partition coefficient (Wildman–Crippen LogP) is 6.07. The minimum absolute atomic E-state index is 0.0744. The van der Waals surface area contributed by atoms with Crippen LogP contribution < -0.4 is 0 Å². The average molecular weight is 429 g/mol. The van der Waals surface area contributed by atoms with Crippen molar-refractivity contribution in [1.82, 2.24) is 9.80 Å². The predicted molar refractivity (Wildman–Crippen MR) is 128 cm³/mol. The van der Waals surface area contributed by atoms with E-state index in [-0.39, 0.29) is 24.2 Å². The van der Waals surface area contributed by atoms with Crippen LogP contribution in [0, 0.1) is 0 Å². The Labute approximate surface area is 192 Å². The van der Waals surface area contributed by atoms with E-state index in [1.54, 1.807) is 0 Å². The molecule has 32 heavy (non-hydrogen) atoms. The first-order valence-electron chi connectivity index (χ1n) is 13.0. The summed E-state index contributed by atoms with van der Waals surface area (Å²) in [6.07, 6.45) is 13.0. The van der Waals surface area contributed by atoms with E-state index in [1.165, 1.54) is 75.3 Å². The van der Waals surface area contributed by atoms with Crippen LogP contribution in [0.1, 0.15) is 87.4 Å². The standard InChI is InChI=1S/C29H36N2O/c32-29(27-25(21-13-5-1-6-14-21)30(27)23-17-9-3-10-18-23)28-26(22-15-7-2-8-16-22)31(28)24-19-11-4-12-20-24/h1-2,5-8,13-16,23-28H,3-4,9-12,17-20H2. The zero-order valence-corrected chi connectivity index (χ0v) is 19.1. The SMILES string of the molecule is O=C(C1C(c2ccccc2)N1C1CCCCC1)C1C(c2ccccc2)N1C1CCCCC1. The Bertz CT molecular complexity index is 841. The van der Waals surface area contributed by atoms with Crippen molar-refractivity contribution in [2.24, 2.45) is 0 Å². The summed E-state index contributed by atoms with van der Waals surface area (Å²) >= 11 is 0. The van der Waals surface area contributed by atoms with Gasteiger partial charge in [-0.05, 0) is 36.8 Å². The third-order valence-corrected chi connectivity index (χ3v) is 8.56. The third-order valence-electron chi connectivity index (χ3n) is 8.56. The number of carbonyl (C=O) groups is 1. The molecular formula is C29H36N2O. The van der Waals surface area contributed by atoms with Crippen molar-refractivity contribution < 1.29 is 4.79 Å². The van der Waals surface area contributed by atoms with Gasteiger partial charge in [0, 0.05) is 12.1 Å². The summed E-state index contributed by atoms with van der Waals surface area (Å²) < 4.78 is 0. The van der Waals surface area contributed by atoms with Gasteiger partial charge in [0.15, 0.2) is 5.78 Å². The third kappa shape index (κ3) is 3.74. The van der Waals surface area contributed by atoms with E-state index >= 15 is 0 Å². The van der Waals surface area contributed by atoms with Crippen molar-refractivity contribution in [2.45, 2.75) is 100 Å². The summed E-state index contributed by atoms with van der Waals surface area (Å²) in [5, 5.41) is 0. The average Bonchev–Trinajstić information content (AvgIpc) is 3.79. The van der Waals surface area contributed by atoms with Crippen LogP contribution in [0.25, 0.3) is 0 Å². The Hall–Kier alpha value is -1.97. The molecule has 0 N–H and O–H groups in total.